The van der Waals surface area contributed by atoms with E-state index < -0.39 is 5.97 Å². The molecule has 0 radical (unpaired) electrons. The van der Waals surface area contributed by atoms with Crippen LogP contribution in [-0.4, -0.2) is 58.4 Å². The van der Waals surface area contributed by atoms with E-state index in [-0.39, 0.29) is 29.8 Å². The van der Waals surface area contributed by atoms with E-state index in [0.717, 1.165) is 51.5 Å². The molecule has 6 heteroatoms. The number of nitrogens with zero attached hydrogens (tertiary/aromatic N) is 2. The van der Waals surface area contributed by atoms with Crippen molar-refractivity contribution in [2.24, 2.45) is 5.41 Å². The van der Waals surface area contributed by atoms with Gasteiger partial charge in [0.2, 0.25) is 11.8 Å². The van der Waals surface area contributed by atoms with Gasteiger partial charge in [0.05, 0.1) is 0 Å². The number of hydrogen-bond acceptors (Lipinski definition) is 3. The molecule has 2 amide bonds. The largest absolute Gasteiger partial charge is 0.480 e. The highest BCUT2D eigenvalue weighted by atomic mass is 16.4. The van der Waals surface area contributed by atoms with E-state index in [4.69, 9.17) is 5.11 Å². The normalized spacial score (nSPS) is 23.1. The summed E-state index contributed by atoms with van der Waals surface area (Å²) in [6, 6.07) is -0.0834. The first kappa shape index (κ1) is 18.7. The van der Waals surface area contributed by atoms with Gasteiger partial charge in [0, 0.05) is 31.5 Å². The maximum atomic E-state index is 13.0. The van der Waals surface area contributed by atoms with Crippen molar-refractivity contribution in [1.82, 2.24) is 9.80 Å². The second-order valence-electron chi connectivity index (χ2n) is 7.30. The van der Waals surface area contributed by atoms with Gasteiger partial charge in [-0.25, -0.2) is 0 Å². The minimum atomic E-state index is -0.987. The lowest BCUT2D eigenvalue weighted by Gasteiger charge is -2.43. The van der Waals surface area contributed by atoms with Crippen LogP contribution in [-0.2, 0) is 14.4 Å². The minimum absolute atomic E-state index is 0.0834. The van der Waals surface area contributed by atoms with E-state index in [0.29, 0.717) is 13.0 Å². The number of carbonyl (C=O) groups is 3. The lowest BCUT2D eigenvalue weighted by atomic mass is 9.65. The summed E-state index contributed by atoms with van der Waals surface area (Å²) in [6.07, 6.45) is 7.37. The Labute approximate surface area is 144 Å². The van der Waals surface area contributed by atoms with Crippen molar-refractivity contribution < 1.29 is 19.5 Å². The van der Waals surface area contributed by atoms with Gasteiger partial charge < -0.3 is 14.9 Å². The fourth-order valence-electron chi connectivity index (χ4n) is 4.23. The van der Waals surface area contributed by atoms with Crippen LogP contribution < -0.4 is 0 Å². The number of carboxylic acid groups (broad SMARTS) is 1. The highest BCUT2D eigenvalue weighted by molar-refractivity contribution is 5.83. The van der Waals surface area contributed by atoms with Crippen molar-refractivity contribution in [3.05, 3.63) is 0 Å². The molecule has 1 saturated carbocycles. The summed E-state index contributed by atoms with van der Waals surface area (Å²) in [5, 5.41) is 9.02. The number of aliphatic carboxylic acids is 1. The van der Waals surface area contributed by atoms with Crippen molar-refractivity contribution >= 4 is 17.8 Å². The molecule has 0 spiro atoms. The second kappa shape index (κ2) is 7.99. The molecule has 0 aromatic carbocycles. The summed E-state index contributed by atoms with van der Waals surface area (Å²) in [7, 11) is 0. The Morgan fingerprint density at radius 3 is 2.38 bits per heavy atom. The van der Waals surface area contributed by atoms with Crippen LogP contribution in [0.2, 0.25) is 0 Å². The van der Waals surface area contributed by atoms with Crippen LogP contribution in [0.3, 0.4) is 0 Å². The van der Waals surface area contributed by atoms with Crippen molar-refractivity contribution in [3.63, 3.8) is 0 Å². The van der Waals surface area contributed by atoms with E-state index >= 15 is 0 Å². The van der Waals surface area contributed by atoms with Gasteiger partial charge in [-0.2, -0.15) is 0 Å². The Morgan fingerprint density at radius 1 is 1.17 bits per heavy atom. The smallest absolute Gasteiger partial charge is 0.323 e. The van der Waals surface area contributed by atoms with Crippen molar-refractivity contribution in [1.29, 1.82) is 0 Å². The average molecular weight is 338 g/mol. The second-order valence-corrected chi connectivity index (χ2v) is 7.30. The molecular formula is C18H30N2O4. The Balaban J connectivity index is 2.00. The lowest BCUT2D eigenvalue weighted by Crippen LogP contribution is -2.48. The molecule has 2 rings (SSSR count). The quantitative estimate of drug-likeness (QED) is 0.806. The number of hydrogen-bond donors (Lipinski definition) is 1. The Bertz CT molecular complexity index is 487. The summed E-state index contributed by atoms with van der Waals surface area (Å²) in [4.78, 5) is 39.2. The van der Waals surface area contributed by atoms with Gasteiger partial charge in [-0.05, 0) is 38.5 Å². The summed E-state index contributed by atoms with van der Waals surface area (Å²) in [5.74, 6) is -0.911. The molecule has 1 atom stereocenters. The van der Waals surface area contributed by atoms with Crippen LogP contribution in [0.15, 0.2) is 0 Å². The third-order valence-electron chi connectivity index (χ3n) is 5.63. The zero-order valence-electron chi connectivity index (χ0n) is 14.9. The molecule has 1 saturated heterocycles. The highest BCUT2D eigenvalue weighted by Crippen LogP contribution is 2.46. The van der Waals surface area contributed by atoms with Gasteiger partial charge in [-0.3, -0.25) is 14.4 Å². The van der Waals surface area contributed by atoms with Crippen molar-refractivity contribution in [2.45, 2.75) is 71.3 Å². The number of carbonyl (C=O) groups excluding carboxylic acids is 2. The molecular weight excluding hydrogens is 308 g/mol. The first-order valence-corrected chi connectivity index (χ1v) is 9.18. The third kappa shape index (κ3) is 4.08. The van der Waals surface area contributed by atoms with Gasteiger partial charge in [0.1, 0.15) is 6.54 Å². The monoisotopic (exact) mass is 338 g/mol. The molecule has 6 nitrogen and oxygen atoms in total. The minimum Gasteiger partial charge on any atom is -0.480 e. The summed E-state index contributed by atoms with van der Waals surface area (Å²) in [5.41, 5.74) is -0.143. The molecule has 1 heterocycles. The molecule has 1 N–H and O–H groups in total. The first-order chi connectivity index (χ1) is 11.4. The Morgan fingerprint density at radius 2 is 1.88 bits per heavy atom. The van der Waals surface area contributed by atoms with Crippen LogP contribution in [0.1, 0.15) is 65.2 Å². The Kier molecular flexibility index (Phi) is 6.24. The standard InChI is InChI=1S/C18H30N2O4/c1-3-8-18(9-5-10-18)17(24)19-11-4-6-15(7-12-19)20(14(2)21)13-16(22)23/h15H,3-13H2,1-2H3,(H,22,23). The predicted octanol–water partition coefficient (Wildman–Crippen LogP) is 2.27. The summed E-state index contributed by atoms with van der Waals surface area (Å²) < 4.78 is 0. The zero-order chi connectivity index (χ0) is 17.7. The van der Waals surface area contributed by atoms with E-state index in [9.17, 15) is 14.4 Å². The van der Waals surface area contributed by atoms with Gasteiger partial charge in [0.25, 0.3) is 0 Å². The molecule has 0 aromatic heterocycles. The summed E-state index contributed by atoms with van der Waals surface area (Å²) >= 11 is 0. The fourth-order valence-corrected chi connectivity index (χ4v) is 4.23. The van der Waals surface area contributed by atoms with Gasteiger partial charge in [-0.15, -0.1) is 0 Å². The molecule has 1 aliphatic heterocycles. The van der Waals surface area contributed by atoms with E-state index in [2.05, 4.69) is 6.92 Å². The van der Waals surface area contributed by atoms with Crippen LogP contribution >= 0.6 is 0 Å². The Hall–Kier alpha value is -1.59. The third-order valence-corrected chi connectivity index (χ3v) is 5.63. The van der Waals surface area contributed by atoms with Crippen LogP contribution in [0, 0.1) is 5.41 Å². The number of rotatable bonds is 6. The van der Waals surface area contributed by atoms with Crippen LogP contribution in [0.4, 0.5) is 0 Å². The van der Waals surface area contributed by atoms with Gasteiger partial charge in [0.15, 0.2) is 0 Å². The SMILES string of the molecule is CCCC1(C(=O)N2CCCC(N(CC(=O)O)C(C)=O)CC2)CCC1. The molecule has 0 bridgehead atoms. The fraction of sp³-hybridized carbons (Fsp3) is 0.833. The summed E-state index contributed by atoms with van der Waals surface area (Å²) in [6.45, 7) is 4.63. The first-order valence-electron chi connectivity index (χ1n) is 9.18. The highest BCUT2D eigenvalue weighted by Gasteiger charge is 2.45. The average Bonchev–Trinajstić information content (AvgIpc) is 2.73. The van der Waals surface area contributed by atoms with E-state index in [1.165, 1.54) is 11.8 Å². The molecule has 1 aliphatic carbocycles. The predicted molar refractivity (Wildman–Crippen MR) is 90.4 cm³/mol. The molecule has 1 unspecified atom stereocenters. The van der Waals surface area contributed by atoms with Gasteiger partial charge >= 0.3 is 5.97 Å². The molecule has 136 valence electrons. The maximum absolute atomic E-state index is 13.0. The van der Waals surface area contributed by atoms with Gasteiger partial charge in [-0.1, -0.05) is 19.8 Å². The van der Waals surface area contributed by atoms with Crippen LogP contribution in [0.25, 0.3) is 0 Å². The van der Waals surface area contributed by atoms with Crippen molar-refractivity contribution in [2.75, 3.05) is 19.6 Å². The van der Waals surface area contributed by atoms with Crippen molar-refractivity contribution in [3.8, 4) is 0 Å². The number of carboxylic acids is 1. The van der Waals surface area contributed by atoms with Crippen LogP contribution in [0.5, 0.6) is 0 Å². The zero-order valence-corrected chi connectivity index (χ0v) is 14.9. The number of amides is 2. The number of likely N-dealkylation sites (tertiary alicyclic amines) is 1. The van der Waals surface area contributed by atoms with E-state index in [1.54, 1.807) is 0 Å². The van der Waals surface area contributed by atoms with E-state index in [1.807, 2.05) is 4.90 Å². The lowest BCUT2D eigenvalue weighted by molar-refractivity contribution is -0.148. The molecule has 0 aromatic rings. The molecule has 24 heavy (non-hydrogen) atoms. The maximum Gasteiger partial charge on any atom is 0.323 e. The molecule has 2 fully saturated rings. The molecule has 2 aliphatic rings. The topological polar surface area (TPSA) is 77.9 Å².